The fourth-order valence-electron chi connectivity index (χ4n) is 3.12. The molecule has 0 saturated carbocycles. The van der Waals surface area contributed by atoms with Crippen molar-refractivity contribution in [1.29, 1.82) is 0 Å². The second-order valence-corrected chi connectivity index (χ2v) is 7.20. The van der Waals surface area contributed by atoms with E-state index in [1.165, 1.54) is 0 Å². The minimum atomic E-state index is -0.635. The molecule has 3 rings (SSSR count). The SMILES string of the molecule is C[C@H](O)CNC(=O)[C@H]1CC(=O)N(c2ccc(OCC(=O)Nc3ccccc3)cc2)C1. The van der Waals surface area contributed by atoms with Crippen LogP contribution in [-0.2, 0) is 14.4 Å². The van der Waals surface area contributed by atoms with Gasteiger partial charge in [-0.05, 0) is 43.3 Å². The third-order valence-electron chi connectivity index (χ3n) is 4.64. The lowest BCUT2D eigenvalue weighted by atomic mass is 10.1. The average molecular weight is 411 g/mol. The van der Waals surface area contributed by atoms with Crippen LogP contribution in [0.3, 0.4) is 0 Å². The van der Waals surface area contributed by atoms with Crippen LogP contribution in [0.4, 0.5) is 11.4 Å². The predicted octanol–water partition coefficient (Wildman–Crippen LogP) is 1.55. The number of anilines is 2. The quantitative estimate of drug-likeness (QED) is 0.611. The van der Waals surface area contributed by atoms with Gasteiger partial charge in [0.1, 0.15) is 5.75 Å². The number of aliphatic hydroxyl groups excluding tert-OH is 1. The number of hydrogen-bond donors (Lipinski definition) is 3. The minimum absolute atomic E-state index is 0.129. The molecule has 2 aromatic rings. The topological polar surface area (TPSA) is 108 Å². The first-order valence-electron chi connectivity index (χ1n) is 9.76. The van der Waals surface area contributed by atoms with Gasteiger partial charge in [-0.3, -0.25) is 14.4 Å². The van der Waals surface area contributed by atoms with Gasteiger partial charge in [-0.25, -0.2) is 0 Å². The Balaban J connectivity index is 1.51. The van der Waals surface area contributed by atoms with Crippen LogP contribution in [0.5, 0.6) is 5.75 Å². The monoisotopic (exact) mass is 411 g/mol. The zero-order valence-electron chi connectivity index (χ0n) is 16.7. The van der Waals surface area contributed by atoms with Crippen LogP contribution in [0, 0.1) is 5.92 Å². The third kappa shape index (κ3) is 5.81. The highest BCUT2D eigenvalue weighted by atomic mass is 16.5. The molecule has 3 amide bonds. The zero-order chi connectivity index (χ0) is 21.5. The Labute approximate surface area is 174 Å². The second-order valence-electron chi connectivity index (χ2n) is 7.20. The van der Waals surface area contributed by atoms with Crippen molar-refractivity contribution in [2.24, 2.45) is 5.92 Å². The van der Waals surface area contributed by atoms with Crippen molar-refractivity contribution in [3.05, 3.63) is 54.6 Å². The van der Waals surface area contributed by atoms with Gasteiger partial charge in [-0.15, -0.1) is 0 Å². The Morgan fingerprint density at radius 1 is 1.17 bits per heavy atom. The summed E-state index contributed by atoms with van der Waals surface area (Å²) in [6.45, 7) is 1.89. The Kier molecular flexibility index (Phi) is 7.03. The van der Waals surface area contributed by atoms with Crippen molar-refractivity contribution in [1.82, 2.24) is 5.32 Å². The summed E-state index contributed by atoms with van der Waals surface area (Å²) >= 11 is 0. The van der Waals surface area contributed by atoms with E-state index in [0.717, 1.165) is 0 Å². The van der Waals surface area contributed by atoms with Gasteiger partial charge in [0.05, 0.1) is 12.0 Å². The molecule has 2 atom stereocenters. The summed E-state index contributed by atoms with van der Waals surface area (Å²) in [5.74, 6) is -0.598. The third-order valence-corrected chi connectivity index (χ3v) is 4.64. The first kappa shape index (κ1) is 21.3. The lowest BCUT2D eigenvalue weighted by Crippen LogP contribution is -2.36. The number of nitrogens with one attached hydrogen (secondary N) is 2. The lowest BCUT2D eigenvalue weighted by molar-refractivity contribution is -0.126. The highest BCUT2D eigenvalue weighted by molar-refractivity contribution is 6.00. The van der Waals surface area contributed by atoms with Gasteiger partial charge < -0.3 is 25.4 Å². The van der Waals surface area contributed by atoms with E-state index < -0.39 is 12.0 Å². The van der Waals surface area contributed by atoms with E-state index in [0.29, 0.717) is 17.1 Å². The Morgan fingerprint density at radius 2 is 1.87 bits per heavy atom. The maximum Gasteiger partial charge on any atom is 0.262 e. The minimum Gasteiger partial charge on any atom is -0.484 e. The van der Waals surface area contributed by atoms with E-state index in [4.69, 9.17) is 4.74 Å². The van der Waals surface area contributed by atoms with Crippen molar-refractivity contribution >= 4 is 29.1 Å². The Hall–Kier alpha value is -3.39. The highest BCUT2D eigenvalue weighted by Gasteiger charge is 2.35. The highest BCUT2D eigenvalue weighted by Crippen LogP contribution is 2.27. The standard InChI is InChI=1S/C22H25N3O5/c1-15(26)12-23-22(29)16-11-21(28)25(13-16)18-7-9-19(10-8-18)30-14-20(27)24-17-5-3-2-4-6-17/h2-10,15-16,26H,11-14H2,1H3,(H,23,29)(H,24,27)/t15-,16-/m0/s1. The maximum absolute atomic E-state index is 12.3. The molecule has 1 aliphatic heterocycles. The molecule has 1 saturated heterocycles. The molecule has 0 radical (unpaired) electrons. The zero-order valence-corrected chi connectivity index (χ0v) is 16.7. The molecular formula is C22H25N3O5. The number of carbonyl (C=O) groups is 3. The van der Waals surface area contributed by atoms with E-state index in [-0.39, 0.29) is 43.8 Å². The van der Waals surface area contributed by atoms with E-state index in [9.17, 15) is 19.5 Å². The molecule has 0 spiro atoms. The van der Waals surface area contributed by atoms with Crippen molar-refractivity contribution in [3.8, 4) is 5.75 Å². The van der Waals surface area contributed by atoms with E-state index in [2.05, 4.69) is 10.6 Å². The molecule has 30 heavy (non-hydrogen) atoms. The van der Waals surface area contributed by atoms with Crippen LogP contribution in [0.15, 0.2) is 54.6 Å². The Bertz CT molecular complexity index is 883. The number of benzene rings is 2. The molecule has 1 aliphatic rings. The molecule has 8 heteroatoms. The van der Waals surface area contributed by atoms with Gasteiger partial charge in [0.25, 0.3) is 5.91 Å². The number of amides is 3. The summed E-state index contributed by atoms with van der Waals surface area (Å²) < 4.78 is 5.49. The predicted molar refractivity (Wildman–Crippen MR) is 112 cm³/mol. The fraction of sp³-hybridized carbons (Fsp3) is 0.318. The van der Waals surface area contributed by atoms with E-state index in [1.807, 2.05) is 18.2 Å². The summed E-state index contributed by atoms with van der Waals surface area (Å²) in [4.78, 5) is 38.0. The van der Waals surface area contributed by atoms with Crippen LogP contribution < -0.4 is 20.3 Å². The van der Waals surface area contributed by atoms with Gasteiger partial charge in [0.15, 0.2) is 6.61 Å². The number of para-hydroxylation sites is 1. The number of carbonyl (C=O) groups excluding carboxylic acids is 3. The van der Waals surface area contributed by atoms with Crippen molar-refractivity contribution < 1.29 is 24.2 Å². The van der Waals surface area contributed by atoms with Crippen LogP contribution in [0.2, 0.25) is 0 Å². The summed E-state index contributed by atoms with van der Waals surface area (Å²) in [6.07, 6.45) is -0.506. The first-order valence-corrected chi connectivity index (χ1v) is 9.76. The molecule has 0 aromatic heterocycles. The average Bonchev–Trinajstić information content (AvgIpc) is 3.13. The van der Waals surface area contributed by atoms with Crippen LogP contribution in [0.1, 0.15) is 13.3 Å². The van der Waals surface area contributed by atoms with Gasteiger partial charge in [-0.1, -0.05) is 18.2 Å². The second kappa shape index (κ2) is 9.89. The molecular weight excluding hydrogens is 386 g/mol. The smallest absolute Gasteiger partial charge is 0.262 e. The first-order chi connectivity index (χ1) is 14.4. The number of aliphatic hydroxyl groups is 1. The molecule has 2 aromatic carbocycles. The molecule has 1 fully saturated rings. The van der Waals surface area contributed by atoms with Crippen LogP contribution in [0.25, 0.3) is 0 Å². The molecule has 0 bridgehead atoms. The summed E-state index contributed by atoms with van der Waals surface area (Å²) in [6, 6.07) is 15.9. The summed E-state index contributed by atoms with van der Waals surface area (Å²) in [5, 5.41) is 14.7. The van der Waals surface area contributed by atoms with Crippen LogP contribution in [-0.4, -0.2) is 48.6 Å². The van der Waals surface area contributed by atoms with Gasteiger partial charge >= 0.3 is 0 Å². The van der Waals surface area contributed by atoms with Crippen molar-refractivity contribution in [2.45, 2.75) is 19.4 Å². The number of nitrogens with zero attached hydrogens (tertiary/aromatic N) is 1. The number of hydrogen-bond acceptors (Lipinski definition) is 5. The fourth-order valence-corrected chi connectivity index (χ4v) is 3.12. The summed E-state index contributed by atoms with van der Waals surface area (Å²) in [5.41, 5.74) is 1.35. The van der Waals surface area contributed by atoms with Crippen molar-refractivity contribution in [3.63, 3.8) is 0 Å². The Morgan fingerprint density at radius 3 is 2.53 bits per heavy atom. The molecule has 158 valence electrons. The van der Waals surface area contributed by atoms with Gasteiger partial charge in [-0.2, -0.15) is 0 Å². The van der Waals surface area contributed by atoms with Gasteiger partial charge in [0.2, 0.25) is 11.8 Å². The number of ether oxygens (including phenoxy) is 1. The normalized spacial score (nSPS) is 16.8. The van der Waals surface area contributed by atoms with Crippen LogP contribution >= 0.6 is 0 Å². The lowest BCUT2D eigenvalue weighted by Gasteiger charge is -2.17. The molecule has 8 nitrogen and oxygen atoms in total. The molecule has 0 aliphatic carbocycles. The largest absolute Gasteiger partial charge is 0.484 e. The maximum atomic E-state index is 12.3. The molecule has 3 N–H and O–H groups in total. The number of rotatable bonds is 8. The molecule has 1 heterocycles. The summed E-state index contributed by atoms with van der Waals surface area (Å²) in [7, 11) is 0. The van der Waals surface area contributed by atoms with E-state index in [1.54, 1.807) is 48.2 Å². The van der Waals surface area contributed by atoms with Gasteiger partial charge in [0, 0.05) is 30.9 Å². The van der Waals surface area contributed by atoms with Crippen molar-refractivity contribution in [2.75, 3.05) is 29.9 Å². The molecule has 0 unspecified atom stereocenters. The van der Waals surface area contributed by atoms with E-state index >= 15 is 0 Å².